The van der Waals surface area contributed by atoms with E-state index in [0.717, 1.165) is 29.8 Å². The number of amides is 2. The molecule has 112 valence electrons. The van der Waals surface area contributed by atoms with Gasteiger partial charge in [-0.05, 0) is 43.5 Å². The van der Waals surface area contributed by atoms with E-state index in [4.69, 9.17) is 0 Å². The fraction of sp³-hybridized carbons (Fsp3) is 0.294. The molecule has 0 atom stereocenters. The lowest BCUT2D eigenvalue weighted by Gasteiger charge is -2.31. The number of carbonyl (C=O) groups is 1. The predicted octanol–water partition coefficient (Wildman–Crippen LogP) is 3.09. The minimum atomic E-state index is -0.0752. The van der Waals surface area contributed by atoms with Gasteiger partial charge in [0, 0.05) is 11.7 Å². The van der Waals surface area contributed by atoms with Gasteiger partial charge in [-0.1, -0.05) is 18.2 Å². The minimum absolute atomic E-state index is 0.0464. The topological polar surface area (TPSA) is 48.5 Å². The molecule has 0 saturated heterocycles. The molecule has 4 rings (SSSR count). The Bertz CT molecular complexity index is 712. The van der Waals surface area contributed by atoms with Crippen LogP contribution in [0.1, 0.15) is 25.3 Å². The molecule has 5 nitrogen and oxygen atoms in total. The first-order valence-corrected chi connectivity index (χ1v) is 7.54. The second kappa shape index (κ2) is 4.73. The summed E-state index contributed by atoms with van der Waals surface area (Å²) < 4.78 is 0. The lowest BCUT2D eigenvalue weighted by atomic mass is 10.2. The molecule has 0 radical (unpaired) electrons. The summed E-state index contributed by atoms with van der Waals surface area (Å²) in [4.78, 5) is 17.0. The molecular weight excluding hydrogens is 276 g/mol. The van der Waals surface area contributed by atoms with Crippen molar-refractivity contribution >= 4 is 17.4 Å². The number of pyridine rings is 1. The van der Waals surface area contributed by atoms with Crippen LogP contribution in [-0.2, 0) is 6.54 Å². The number of carbonyl (C=O) groups excluding carboxylic acids is 1. The van der Waals surface area contributed by atoms with Gasteiger partial charge in [-0.25, -0.2) is 9.80 Å². The Balaban J connectivity index is 1.71. The van der Waals surface area contributed by atoms with Crippen LogP contribution in [0.2, 0.25) is 0 Å². The molecule has 1 aliphatic heterocycles. The van der Waals surface area contributed by atoms with Gasteiger partial charge in [-0.15, -0.1) is 0 Å². The number of nitrogens with zero attached hydrogens (tertiary/aromatic N) is 3. The number of hydrazine groups is 1. The summed E-state index contributed by atoms with van der Waals surface area (Å²) in [6, 6.07) is 11.8. The van der Waals surface area contributed by atoms with Crippen molar-refractivity contribution in [2.24, 2.45) is 0 Å². The Morgan fingerprint density at radius 2 is 2.05 bits per heavy atom. The fourth-order valence-corrected chi connectivity index (χ4v) is 2.77. The quantitative estimate of drug-likeness (QED) is 0.926. The summed E-state index contributed by atoms with van der Waals surface area (Å²) in [5.41, 5.74) is 2.94. The molecule has 1 fully saturated rings. The van der Waals surface area contributed by atoms with Crippen molar-refractivity contribution in [2.45, 2.75) is 31.8 Å². The molecule has 2 aromatic rings. The van der Waals surface area contributed by atoms with Gasteiger partial charge in [0.25, 0.3) is 0 Å². The maximum absolute atomic E-state index is 12.8. The van der Waals surface area contributed by atoms with E-state index >= 15 is 0 Å². The molecule has 2 amide bonds. The highest BCUT2D eigenvalue weighted by molar-refractivity contribution is 5.97. The van der Waals surface area contributed by atoms with Crippen LogP contribution in [-0.4, -0.2) is 16.6 Å². The van der Waals surface area contributed by atoms with Gasteiger partial charge < -0.3 is 5.32 Å². The summed E-state index contributed by atoms with van der Waals surface area (Å²) in [7, 11) is 0. The average molecular weight is 294 g/mol. The Hall–Kier alpha value is -2.56. The van der Waals surface area contributed by atoms with Crippen molar-refractivity contribution in [1.82, 2.24) is 10.3 Å². The van der Waals surface area contributed by atoms with Crippen LogP contribution < -0.4 is 15.3 Å². The zero-order chi connectivity index (χ0) is 15.2. The van der Waals surface area contributed by atoms with E-state index in [-0.39, 0.29) is 11.6 Å². The highest BCUT2D eigenvalue weighted by Gasteiger charge is 2.42. The third-order valence-electron chi connectivity index (χ3n) is 4.33. The largest absolute Gasteiger partial charge is 0.341 e. The first-order valence-electron chi connectivity index (χ1n) is 7.54. The molecule has 1 saturated carbocycles. The van der Waals surface area contributed by atoms with Gasteiger partial charge in [0.2, 0.25) is 0 Å². The van der Waals surface area contributed by atoms with E-state index in [1.165, 1.54) is 0 Å². The predicted molar refractivity (Wildman–Crippen MR) is 85.5 cm³/mol. The number of hydrogen-bond acceptors (Lipinski definition) is 3. The van der Waals surface area contributed by atoms with Crippen molar-refractivity contribution in [3.63, 3.8) is 0 Å². The third-order valence-corrected chi connectivity index (χ3v) is 4.33. The lowest BCUT2D eigenvalue weighted by molar-refractivity contribution is 0.242. The van der Waals surface area contributed by atoms with Crippen molar-refractivity contribution < 1.29 is 4.79 Å². The Morgan fingerprint density at radius 1 is 1.23 bits per heavy atom. The number of aromatic nitrogens is 1. The minimum Gasteiger partial charge on any atom is -0.331 e. The molecule has 1 aliphatic carbocycles. The zero-order valence-corrected chi connectivity index (χ0v) is 12.5. The number of hydrogen-bond donors (Lipinski definition) is 1. The number of fused-ring (bicyclic) bond motifs is 1. The Labute approximate surface area is 129 Å². The average Bonchev–Trinajstić information content (AvgIpc) is 3.13. The molecule has 2 aliphatic rings. The lowest BCUT2D eigenvalue weighted by Crippen LogP contribution is -2.51. The maximum Gasteiger partial charge on any atom is 0.341 e. The monoisotopic (exact) mass is 294 g/mol. The maximum atomic E-state index is 12.8. The van der Waals surface area contributed by atoms with Crippen LogP contribution >= 0.6 is 0 Å². The smallest absolute Gasteiger partial charge is 0.331 e. The molecule has 2 heterocycles. The normalized spacial score (nSPS) is 18.0. The molecule has 1 aromatic carbocycles. The van der Waals surface area contributed by atoms with Crippen LogP contribution in [0, 0.1) is 0 Å². The van der Waals surface area contributed by atoms with E-state index in [2.05, 4.69) is 23.3 Å². The first kappa shape index (κ1) is 13.1. The number of rotatable bonds is 2. The van der Waals surface area contributed by atoms with Gasteiger partial charge in [0.05, 0.1) is 24.1 Å². The van der Waals surface area contributed by atoms with E-state index < -0.39 is 0 Å². The van der Waals surface area contributed by atoms with Gasteiger partial charge in [-0.2, -0.15) is 0 Å². The van der Waals surface area contributed by atoms with Crippen LogP contribution in [0.15, 0.2) is 48.8 Å². The van der Waals surface area contributed by atoms with Crippen molar-refractivity contribution in [3.05, 3.63) is 54.4 Å². The summed E-state index contributed by atoms with van der Waals surface area (Å²) in [6.45, 7) is 2.76. The summed E-state index contributed by atoms with van der Waals surface area (Å²) in [6.07, 6.45) is 5.61. The second-order valence-corrected chi connectivity index (χ2v) is 6.20. The van der Waals surface area contributed by atoms with E-state index in [1.54, 1.807) is 17.4 Å². The number of para-hydroxylation sites is 1. The molecule has 0 unspecified atom stereocenters. The summed E-state index contributed by atoms with van der Waals surface area (Å²) in [5.74, 6) is 0. The van der Waals surface area contributed by atoms with Gasteiger partial charge in [-0.3, -0.25) is 9.99 Å². The first-order chi connectivity index (χ1) is 10.7. The van der Waals surface area contributed by atoms with Gasteiger partial charge in [0.1, 0.15) is 0 Å². The van der Waals surface area contributed by atoms with Gasteiger partial charge >= 0.3 is 6.03 Å². The molecular formula is C17H18N4O. The molecule has 1 N–H and O–H groups in total. The van der Waals surface area contributed by atoms with Crippen LogP contribution in [0.3, 0.4) is 0 Å². The van der Waals surface area contributed by atoms with Crippen molar-refractivity contribution in [2.75, 3.05) is 10.0 Å². The highest BCUT2D eigenvalue weighted by Crippen LogP contribution is 2.37. The molecule has 0 bridgehead atoms. The number of anilines is 2. The van der Waals surface area contributed by atoms with Gasteiger partial charge in [0.15, 0.2) is 0 Å². The van der Waals surface area contributed by atoms with Crippen molar-refractivity contribution in [1.29, 1.82) is 0 Å². The van der Waals surface area contributed by atoms with Crippen molar-refractivity contribution in [3.8, 4) is 0 Å². The number of urea groups is 1. The van der Waals surface area contributed by atoms with Crippen LogP contribution in [0.5, 0.6) is 0 Å². The standard InChI is InChI=1S/C17H18N4O/c1-17(8-9-17)19-16(22)21-15-7-3-2-5-13(15)12-20(21)14-6-4-10-18-11-14/h2-7,10-11H,8-9,12H2,1H3,(H,19,22). The van der Waals surface area contributed by atoms with Crippen LogP contribution in [0.25, 0.3) is 0 Å². The highest BCUT2D eigenvalue weighted by atomic mass is 16.2. The van der Waals surface area contributed by atoms with E-state index in [0.29, 0.717) is 6.54 Å². The molecule has 1 aromatic heterocycles. The Kier molecular flexibility index (Phi) is 2.82. The summed E-state index contributed by atoms with van der Waals surface area (Å²) >= 11 is 0. The second-order valence-electron chi connectivity index (χ2n) is 6.20. The molecule has 0 spiro atoms. The SMILES string of the molecule is CC1(NC(=O)N2c3ccccc3CN2c2cccnc2)CC1. The third kappa shape index (κ3) is 2.19. The van der Waals surface area contributed by atoms with Crippen LogP contribution in [0.4, 0.5) is 16.2 Å². The molecule has 22 heavy (non-hydrogen) atoms. The summed E-state index contributed by atoms with van der Waals surface area (Å²) in [5, 5.41) is 6.84. The molecule has 5 heteroatoms. The number of benzene rings is 1. The Morgan fingerprint density at radius 3 is 2.77 bits per heavy atom. The zero-order valence-electron chi connectivity index (χ0n) is 12.5. The van der Waals surface area contributed by atoms with E-state index in [9.17, 15) is 4.79 Å². The number of nitrogens with one attached hydrogen (secondary N) is 1. The van der Waals surface area contributed by atoms with E-state index in [1.807, 2.05) is 35.3 Å². The fourth-order valence-electron chi connectivity index (χ4n) is 2.77.